The first-order valence-electron chi connectivity index (χ1n) is 6.56. The molecule has 0 aliphatic heterocycles. The van der Waals surface area contributed by atoms with Crippen LogP contribution in [0.15, 0.2) is 6.20 Å². The van der Waals surface area contributed by atoms with E-state index in [0.29, 0.717) is 6.54 Å². The van der Waals surface area contributed by atoms with Gasteiger partial charge in [0.15, 0.2) is 0 Å². The predicted molar refractivity (Wildman–Crippen MR) is 73.7 cm³/mol. The Morgan fingerprint density at radius 3 is 2.74 bits per heavy atom. The van der Waals surface area contributed by atoms with Crippen LogP contribution in [0.5, 0.6) is 0 Å². The predicted octanol–water partition coefficient (Wildman–Crippen LogP) is 1.08. The molecule has 3 N–H and O–H groups in total. The number of rotatable bonds is 6. The van der Waals surface area contributed by atoms with Gasteiger partial charge in [0.25, 0.3) is 0 Å². The fraction of sp³-hybridized carbons (Fsp3) is 0.692. The van der Waals surface area contributed by atoms with Gasteiger partial charge in [0, 0.05) is 24.8 Å². The second kappa shape index (κ2) is 6.56. The average Bonchev–Trinajstić information content (AvgIpc) is 2.68. The summed E-state index contributed by atoms with van der Waals surface area (Å²) in [6.07, 6.45) is 3.38. The number of urea groups is 1. The zero-order valence-electron chi connectivity index (χ0n) is 12.2. The van der Waals surface area contributed by atoms with Gasteiger partial charge in [0.1, 0.15) is 0 Å². The van der Waals surface area contributed by atoms with Crippen LogP contribution in [0.4, 0.5) is 4.79 Å². The van der Waals surface area contributed by atoms with E-state index in [-0.39, 0.29) is 12.6 Å². The van der Waals surface area contributed by atoms with Crippen LogP contribution in [-0.2, 0) is 13.6 Å². The molecule has 0 aliphatic carbocycles. The van der Waals surface area contributed by atoms with Gasteiger partial charge in [-0.25, -0.2) is 4.79 Å². The summed E-state index contributed by atoms with van der Waals surface area (Å²) in [7, 11) is 1.86. The van der Waals surface area contributed by atoms with Crippen LogP contribution in [0.1, 0.15) is 37.9 Å². The monoisotopic (exact) mass is 268 g/mol. The lowest BCUT2D eigenvalue weighted by molar-refractivity contribution is 0.163. The van der Waals surface area contributed by atoms with Crippen molar-refractivity contribution in [3.63, 3.8) is 0 Å². The molecular formula is C13H24N4O2. The first-order chi connectivity index (χ1) is 8.91. The zero-order chi connectivity index (χ0) is 14.5. The second-order valence-electron chi connectivity index (χ2n) is 5.16. The Kier molecular flexibility index (Phi) is 5.35. The number of nitrogens with zero attached hydrogens (tertiary/aromatic N) is 2. The van der Waals surface area contributed by atoms with Crippen molar-refractivity contribution in [3.05, 3.63) is 17.5 Å². The van der Waals surface area contributed by atoms with E-state index in [1.165, 1.54) is 0 Å². The molecule has 1 aromatic rings. The second-order valence-corrected chi connectivity index (χ2v) is 5.16. The molecule has 0 saturated heterocycles. The molecule has 19 heavy (non-hydrogen) atoms. The molecule has 2 amide bonds. The number of amides is 2. The molecule has 1 aromatic heterocycles. The molecule has 6 nitrogen and oxygen atoms in total. The topological polar surface area (TPSA) is 79.2 Å². The molecule has 1 atom stereocenters. The summed E-state index contributed by atoms with van der Waals surface area (Å²) in [5.74, 6) is 0. The summed E-state index contributed by atoms with van der Waals surface area (Å²) < 4.78 is 1.77. The van der Waals surface area contributed by atoms with Crippen molar-refractivity contribution in [2.75, 3.05) is 6.61 Å². The van der Waals surface area contributed by atoms with Crippen molar-refractivity contribution >= 4 is 6.03 Å². The quantitative estimate of drug-likeness (QED) is 0.722. The van der Waals surface area contributed by atoms with Gasteiger partial charge in [-0.15, -0.1) is 0 Å². The first kappa shape index (κ1) is 15.5. The van der Waals surface area contributed by atoms with Crippen molar-refractivity contribution in [1.29, 1.82) is 0 Å². The first-order valence-corrected chi connectivity index (χ1v) is 6.56. The zero-order valence-corrected chi connectivity index (χ0v) is 12.2. The molecule has 0 saturated carbocycles. The van der Waals surface area contributed by atoms with E-state index in [2.05, 4.69) is 15.7 Å². The van der Waals surface area contributed by atoms with E-state index in [9.17, 15) is 9.90 Å². The Labute approximate surface area is 114 Å². The summed E-state index contributed by atoms with van der Waals surface area (Å²) >= 11 is 0. The summed E-state index contributed by atoms with van der Waals surface area (Å²) in [6, 6.07) is -0.270. The average molecular weight is 268 g/mol. The van der Waals surface area contributed by atoms with Crippen molar-refractivity contribution in [2.45, 2.75) is 45.7 Å². The third-order valence-electron chi connectivity index (χ3n) is 3.34. The third-order valence-corrected chi connectivity index (χ3v) is 3.34. The molecule has 0 fully saturated rings. The number of hydrogen-bond donors (Lipinski definition) is 3. The fourth-order valence-corrected chi connectivity index (χ4v) is 1.94. The van der Waals surface area contributed by atoms with Gasteiger partial charge in [-0.05, 0) is 20.3 Å². The minimum absolute atomic E-state index is 0.0693. The summed E-state index contributed by atoms with van der Waals surface area (Å²) in [5.41, 5.74) is 1.45. The largest absolute Gasteiger partial charge is 0.394 e. The Morgan fingerprint density at radius 2 is 2.26 bits per heavy atom. The minimum Gasteiger partial charge on any atom is -0.394 e. The Bertz CT molecular complexity index is 430. The highest BCUT2D eigenvalue weighted by Gasteiger charge is 2.24. The van der Waals surface area contributed by atoms with Crippen LogP contribution in [0, 0.1) is 6.92 Å². The fourth-order valence-electron chi connectivity index (χ4n) is 1.94. The normalized spacial score (nSPS) is 13.9. The number of aliphatic hydroxyl groups is 1. The maximum atomic E-state index is 11.8. The summed E-state index contributed by atoms with van der Waals surface area (Å²) in [6.45, 7) is 6.17. The standard InChI is InChI=1S/C13H24N4O2/c1-5-6-13(3,9-18)16-12(19)14-7-11-8-15-17(4)10(11)2/h8,18H,5-7,9H2,1-4H3,(H2,14,16,19). The number of carbonyl (C=O) groups is 1. The SMILES string of the molecule is CCCC(C)(CO)NC(=O)NCc1cnn(C)c1C. The molecule has 0 radical (unpaired) electrons. The van der Waals surface area contributed by atoms with Crippen LogP contribution >= 0.6 is 0 Å². The Hall–Kier alpha value is -1.56. The maximum Gasteiger partial charge on any atom is 0.315 e. The van der Waals surface area contributed by atoms with Crippen molar-refractivity contribution in [2.24, 2.45) is 7.05 Å². The number of nitrogens with one attached hydrogen (secondary N) is 2. The van der Waals surface area contributed by atoms with Gasteiger partial charge in [-0.1, -0.05) is 13.3 Å². The molecular weight excluding hydrogens is 244 g/mol. The molecule has 108 valence electrons. The van der Waals surface area contributed by atoms with Crippen LogP contribution in [-0.4, -0.2) is 33.1 Å². The van der Waals surface area contributed by atoms with E-state index in [4.69, 9.17) is 0 Å². The minimum atomic E-state index is -0.567. The van der Waals surface area contributed by atoms with Gasteiger partial charge in [0.05, 0.1) is 18.3 Å². The number of aryl methyl sites for hydroxylation is 1. The number of aromatic nitrogens is 2. The van der Waals surface area contributed by atoms with Gasteiger partial charge >= 0.3 is 6.03 Å². The van der Waals surface area contributed by atoms with Crippen LogP contribution < -0.4 is 10.6 Å². The van der Waals surface area contributed by atoms with Crippen molar-refractivity contribution in [3.8, 4) is 0 Å². The highest BCUT2D eigenvalue weighted by atomic mass is 16.3. The molecule has 0 aromatic carbocycles. The number of hydrogen-bond acceptors (Lipinski definition) is 3. The number of aliphatic hydroxyl groups excluding tert-OH is 1. The number of carbonyl (C=O) groups excluding carboxylic acids is 1. The molecule has 0 spiro atoms. The molecule has 1 heterocycles. The molecule has 1 unspecified atom stereocenters. The van der Waals surface area contributed by atoms with Crippen LogP contribution in [0.2, 0.25) is 0 Å². The van der Waals surface area contributed by atoms with E-state index >= 15 is 0 Å². The lowest BCUT2D eigenvalue weighted by atomic mass is 9.98. The maximum absolute atomic E-state index is 11.8. The van der Waals surface area contributed by atoms with E-state index in [1.54, 1.807) is 10.9 Å². The van der Waals surface area contributed by atoms with Gasteiger partial charge in [0.2, 0.25) is 0 Å². The van der Waals surface area contributed by atoms with Gasteiger partial charge in [-0.3, -0.25) is 4.68 Å². The highest BCUT2D eigenvalue weighted by molar-refractivity contribution is 5.74. The lowest BCUT2D eigenvalue weighted by Gasteiger charge is -2.28. The molecule has 6 heteroatoms. The summed E-state index contributed by atoms with van der Waals surface area (Å²) in [5, 5.41) is 19.1. The molecule has 0 aliphatic rings. The van der Waals surface area contributed by atoms with E-state index < -0.39 is 5.54 Å². The van der Waals surface area contributed by atoms with Crippen LogP contribution in [0.25, 0.3) is 0 Å². The third kappa shape index (κ3) is 4.24. The van der Waals surface area contributed by atoms with Gasteiger partial charge in [-0.2, -0.15) is 5.10 Å². The van der Waals surface area contributed by atoms with E-state index in [1.807, 2.05) is 27.8 Å². The van der Waals surface area contributed by atoms with Crippen molar-refractivity contribution in [1.82, 2.24) is 20.4 Å². The van der Waals surface area contributed by atoms with Gasteiger partial charge < -0.3 is 15.7 Å². The van der Waals surface area contributed by atoms with Crippen LogP contribution in [0.3, 0.4) is 0 Å². The molecule has 0 bridgehead atoms. The highest BCUT2D eigenvalue weighted by Crippen LogP contribution is 2.11. The summed E-state index contributed by atoms with van der Waals surface area (Å²) in [4.78, 5) is 11.8. The van der Waals surface area contributed by atoms with Crippen molar-refractivity contribution < 1.29 is 9.90 Å². The Balaban J connectivity index is 2.50. The Morgan fingerprint density at radius 1 is 1.58 bits per heavy atom. The smallest absolute Gasteiger partial charge is 0.315 e. The molecule has 1 rings (SSSR count). The van der Waals surface area contributed by atoms with E-state index in [0.717, 1.165) is 24.1 Å². The lowest BCUT2D eigenvalue weighted by Crippen LogP contribution is -2.52.